The van der Waals surface area contributed by atoms with E-state index in [1.54, 1.807) is 18.2 Å². The van der Waals surface area contributed by atoms with Gasteiger partial charge in [-0.1, -0.05) is 27.6 Å². The second-order valence-corrected chi connectivity index (χ2v) is 10.5. The van der Waals surface area contributed by atoms with Crippen LogP contribution in [0.1, 0.15) is 24.3 Å². The number of phenols is 1. The number of likely N-dealkylation sites (tertiary alicyclic amines) is 1. The Morgan fingerprint density at radius 1 is 1.18 bits per heavy atom. The molecule has 0 spiro atoms. The van der Waals surface area contributed by atoms with E-state index in [-0.39, 0.29) is 35.5 Å². The molecular weight excluding hydrogens is 539 g/mol. The lowest BCUT2D eigenvalue weighted by Crippen LogP contribution is -2.60. The number of nitrogens with zero attached hydrogens (tertiary/aromatic N) is 1. The summed E-state index contributed by atoms with van der Waals surface area (Å²) >= 11 is 17.2. The number of imide groups is 2. The van der Waals surface area contributed by atoms with Crippen molar-refractivity contribution in [3.8, 4) is 11.5 Å². The number of alkyl halides is 3. The molecule has 33 heavy (non-hydrogen) atoms. The predicted octanol–water partition coefficient (Wildman–Crippen LogP) is 2.40. The van der Waals surface area contributed by atoms with Gasteiger partial charge >= 0.3 is 0 Å². The van der Waals surface area contributed by atoms with Gasteiger partial charge in [-0.2, -0.15) is 0 Å². The number of rotatable bonds is 3. The molecule has 3 fully saturated rings. The fourth-order valence-corrected chi connectivity index (χ4v) is 7.32. The van der Waals surface area contributed by atoms with E-state index in [9.17, 15) is 24.3 Å². The predicted molar refractivity (Wildman–Crippen MR) is 121 cm³/mol. The zero-order valence-electron chi connectivity index (χ0n) is 17.3. The highest BCUT2D eigenvalue weighted by Gasteiger charge is 2.76. The summed E-state index contributed by atoms with van der Waals surface area (Å²) in [5, 5.41) is 13.2. The molecule has 2 aliphatic carbocycles. The molecule has 4 aliphatic rings. The van der Waals surface area contributed by atoms with E-state index in [1.807, 2.05) is 0 Å². The zero-order chi connectivity index (χ0) is 23.9. The van der Waals surface area contributed by atoms with Crippen LogP contribution in [-0.2, 0) is 19.2 Å². The van der Waals surface area contributed by atoms with Crippen LogP contribution < -0.4 is 10.1 Å². The number of hydrogen-bond donors (Lipinski definition) is 2. The van der Waals surface area contributed by atoms with Crippen molar-refractivity contribution in [2.45, 2.75) is 28.5 Å². The second kappa shape index (κ2) is 7.45. The number of fused-ring (bicyclic) bond motifs is 4. The van der Waals surface area contributed by atoms with Crippen molar-refractivity contribution in [3.05, 3.63) is 35.4 Å². The molecule has 1 aromatic rings. The molecule has 1 saturated carbocycles. The van der Waals surface area contributed by atoms with E-state index in [2.05, 4.69) is 21.2 Å². The van der Waals surface area contributed by atoms with Gasteiger partial charge in [0.25, 0.3) is 11.8 Å². The summed E-state index contributed by atoms with van der Waals surface area (Å²) in [6, 6.07) is 4.51. The average molecular weight is 558 g/mol. The van der Waals surface area contributed by atoms with Crippen LogP contribution in [0, 0.1) is 17.8 Å². The first kappa shape index (κ1) is 22.7. The lowest BCUT2D eigenvalue weighted by molar-refractivity contribution is -0.138. The van der Waals surface area contributed by atoms with E-state index >= 15 is 0 Å². The average Bonchev–Trinajstić information content (AvgIpc) is 3.16. The highest BCUT2D eigenvalue weighted by molar-refractivity contribution is 9.09. The Morgan fingerprint density at radius 3 is 2.58 bits per heavy atom. The Balaban J connectivity index is 1.78. The van der Waals surface area contributed by atoms with Crippen LogP contribution in [0.15, 0.2) is 29.8 Å². The highest BCUT2D eigenvalue weighted by Crippen LogP contribution is 2.65. The minimum atomic E-state index is -1.96. The quantitative estimate of drug-likeness (QED) is 0.255. The maximum Gasteiger partial charge on any atom is 0.254 e. The van der Waals surface area contributed by atoms with Crippen LogP contribution in [0.25, 0.3) is 0 Å². The molecule has 1 aromatic carbocycles. The summed E-state index contributed by atoms with van der Waals surface area (Å²) in [6.45, 7) is 0. The number of aromatic hydroxyl groups is 1. The van der Waals surface area contributed by atoms with E-state index in [4.69, 9.17) is 27.9 Å². The standard InChI is InChI=1S/C22H19BrCl2N2O6/c1-33-9-2-5-14(28)12(6-9)16-10-3-4-11-15(18(30)26-17(11)29)13(10)7-21(24)19(31)27(8-23)20(32)22(16,21)25/h2-3,5-6,11,13,15-16,28H,4,7-8H2,1H3,(H,26,29,30)/t11-,13+,15-,16+,21+,22-/m0/s1. The number of ether oxygens (including phenoxy) is 1. The van der Waals surface area contributed by atoms with Crippen molar-refractivity contribution < 1.29 is 29.0 Å². The summed E-state index contributed by atoms with van der Waals surface area (Å²) in [4.78, 5) is 49.1. The fourth-order valence-electron chi connectivity index (χ4n) is 5.90. The molecule has 0 unspecified atom stereocenters. The Hall–Kier alpha value is -2.10. The number of carbonyl (C=O) groups is 4. The molecule has 6 atom stereocenters. The summed E-state index contributed by atoms with van der Waals surface area (Å²) in [5.41, 5.74) is 0.749. The van der Waals surface area contributed by atoms with Crippen molar-refractivity contribution >= 4 is 62.8 Å². The van der Waals surface area contributed by atoms with Gasteiger partial charge in [-0.3, -0.25) is 29.4 Å². The van der Waals surface area contributed by atoms with Crippen molar-refractivity contribution in [1.82, 2.24) is 10.2 Å². The molecule has 2 N–H and O–H groups in total. The number of allylic oxidation sites excluding steroid dienone is 2. The third-order valence-corrected chi connectivity index (χ3v) is 9.32. The first-order chi connectivity index (χ1) is 15.6. The lowest BCUT2D eigenvalue weighted by atomic mass is 9.56. The normalized spacial score (nSPS) is 37.3. The fraction of sp³-hybridized carbons (Fsp3) is 0.455. The van der Waals surface area contributed by atoms with E-state index in [0.29, 0.717) is 11.3 Å². The Labute approximate surface area is 207 Å². The summed E-state index contributed by atoms with van der Waals surface area (Å²) in [6.07, 6.45) is 1.96. The SMILES string of the molecule is COc1ccc(O)c([C@H]2C3=CC[C@@H]4C(=O)NC(=O)[C@@H]4[C@@H]3C[C@@]3(Cl)C(=O)N(CBr)C(=O)[C@@]23Cl)c1. The molecule has 2 heterocycles. The van der Waals surface area contributed by atoms with Gasteiger partial charge in [0.2, 0.25) is 11.8 Å². The summed E-state index contributed by atoms with van der Waals surface area (Å²) < 4.78 is 5.31. The Morgan fingerprint density at radius 2 is 1.91 bits per heavy atom. The third kappa shape index (κ3) is 2.76. The molecule has 2 aliphatic heterocycles. The number of benzene rings is 1. The number of nitrogens with one attached hydrogen (secondary N) is 1. The van der Waals surface area contributed by atoms with Crippen LogP contribution in [0.2, 0.25) is 0 Å². The molecule has 0 radical (unpaired) electrons. The maximum absolute atomic E-state index is 13.6. The van der Waals surface area contributed by atoms with Gasteiger partial charge in [0.05, 0.1) is 24.4 Å². The summed E-state index contributed by atoms with van der Waals surface area (Å²) in [7, 11) is 1.46. The molecule has 8 nitrogen and oxygen atoms in total. The van der Waals surface area contributed by atoms with Gasteiger partial charge in [-0.05, 0) is 37.0 Å². The van der Waals surface area contributed by atoms with Crippen LogP contribution in [-0.4, -0.2) is 55.9 Å². The Bertz CT molecular complexity index is 1160. The van der Waals surface area contributed by atoms with Crippen molar-refractivity contribution in [2.24, 2.45) is 17.8 Å². The Kier molecular flexibility index (Phi) is 5.12. The zero-order valence-corrected chi connectivity index (χ0v) is 20.4. The highest BCUT2D eigenvalue weighted by atomic mass is 79.9. The van der Waals surface area contributed by atoms with Crippen LogP contribution in [0.4, 0.5) is 0 Å². The first-order valence-electron chi connectivity index (χ1n) is 10.3. The molecule has 4 amide bonds. The number of amides is 4. The monoisotopic (exact) mass is 556 g/mol. The molecular formula is C22H19BrCl2N2O6. The first-order valence-corrected chi connectivity index (χ1v) is 12.2. The number of methoxy groups -OCH3 is 1. The lowest BCUT2D eigenvalue weighted by Gasteiger charge is -2.50. The molecule has 174 valence electrons. The number of phenolic OH excluding ortho intramolecular Hbond substituents is 1. The second-order valence-electron chi connectivity index (χ2n) is 8.76. The van der Waals surface area contributed by atoms with Crippen molar-refractivity contribution in [1.29, 1.82) is 0 Å². The van der Waals surface area contributed by atoms with Crippen LogP contribution in [0.5, 0.6) is 11.5 Å². The molecule has 0 bridgehead atoms. The van der Waals surface area contributed by atoms with E-state index < -0.39 is 51.1 Å². The smallest absolute Gasteiger partial charge is 0.254 e. The minimum absolute atomic E-state index is 0.0962. The molecule has 5 rings (SSSR count). The van der Waals surface area contributed by atoms with Crippen LogP contribution in [0.3, 0.4) is 0 Å². The van der Waals surface area contributed by atoms with Crippen molar-refractivity contribution in [3.63, 3.8) is 0 Å². The summed E-state index contributed by atoms with van der Waals surface area (Å²) in [5.74, 6) is -4.93. The van der Waals surface area contributed by atoms with Gasteiger partial charge in [-0.15, -0.1) is 23.2 Å². The van der Waals surface area contributed by atoms with Gasteiger partial charge in [0, 0.05) is 11.5 Å². The van der Waals surface area contributed by atoms with Crippen molar-refractivity contribution in [2.75, 3.05) is 12.6 Å². The largest absolute Gasteiger partial charge is 0.508 e. The van der Waals surface area contributed by atoms with E-state index in [0.717, 1.165) is 4.90 Å². The maximum atomic E-state index is 13.6. The number of carbonyl (C=O) groups excluding carboxylic acids is 4. The van der Waals surface area contributed by atoms with Gasteiger partial charge in [0.1, 0.15) is 11.5 Å². The molecule has 0 aromatic heterocycles. The molecule has 2 saturated heterocycles. The molecule has 11 heteroatoms. The third-order valence-electron chi connectivity index (χ3n) is 7.40. The number of halogens is 3. The van der Waals surface area contributed by atoms with Gasteiger partial charge in [0.15, 0.2) is 9.75 Å². The van der Waals surface area contributed by atoms with E-state index in [1.165, 1.54) is 13.2 Å². The van der Waals surface area contributed by atoms with Crippen LogP contribution >= 0.6 is 39.1 Å². The topological polar surface area (TPSA) is 113 Å². The van der Waals surface area contributed by atoms with Gasteiger partial charge < -0.3 is 9.84 Å². The number of hydrogen-bond acceptors (Lipinski definition) is 6. The van der Waals surface area contributed by atoms with Gasteiger partial charge in [-0.25, -0.2) is 0 Å². The minimum Gasteiger partial charge on any atom is -0.508 e.